The molecule has 0 atom stereocenters. The SMILES string of the molecule is Cc1cc(Oc2cccnc2C#N)c(F)cc1[N+](=O)[O-]. The smallest absolute Gasteiger partial charge is 0.275 e. The van der Waals surface area contributed by atoms with Crippen LogP contribution in [0.3, 0.4) is 0 Å². The maximum Gasteiger partial charge on any atom is 0.275 e. The zero-order valence-corrected chi connectivity index (χ0v) is 10.3. The fraction of sp³-hybridized carbons (Fsp3) is 0.0769. The molecule has 0 saturated heterocycles. The highest BCUT2D eigenvalue weighted by molar-refractivity contribution is 5.48. The molecule has 0 aliphatic rings. The van der Waals surface area contributed by atoms with Crippen molar-refractivity contribution >= 4 is 5.69 Å². The predicted octanol–water partition coefficient (Wildman–Crippen LogP) is 3.10. The molecule has 0 aliphatic carbocycles. The molecule has 1 heterocycles. The van der Waals surface area contributed by atoms with Crippen LogP contribution in [0.5, 0.6) is 11.5 Å². The molecule has 1 aromatic heterocycles. The van der Waals surface area contributed by atoms with Gasteiger partial charge in [-0.2, -0.15) is 5.26 Å². The largest absolute Gasteiger partial charge is 0.451 e. The van der Waals surface area contributed by atoms with E-state index in [1.54, 1.807) is 0 Å². The monoisotopic (exact) mass is 273 g/mol. The summed E-state index contributed by atoms with van der Waals surface area (Å²) in [5, 5.41) is 19.6. The fourth-order valence-corrected chi connectivity index (χ4v) is 1.59. The van der Waals surface area contributed by atoms with Gasteiger partial charge >= 0.3 is 0 Å². The minimum atomic E-state index is -0.880. The van der Waals surface area contributed by atoms with Crippen molar-refractivity contribution in [2.24, 2.45) is 0 Å². The molecule has 0 bridgehead atoms. The number of nitriles is 1. The van der Waals surface area contributed by atoms with Crippen LogP contribution < -0.4 is 4.74 Å². The molecule has 20 heavy (non-hydrogen) atoms. The summed E-state index contributed by atoms with van der Waals surface area (Å²) in [7, 11) is 0. The van der Waals surface area contributed by atoms with Gasteiger partial charge in [0.25, 0.3) is 5.69 Å². The van der Waals surface area contributed by atoms with Gasteiger partial charge in [-0.25, -0.2) is 9.37 Å². The molecule has 0 radical (unpaired) electrons. The predicted molar refractivity (Wildman–Crippen MR) is 66.8 cm³/mol. The first-order valence-corrected chi connectivity index (χ1v) is 5.50. The minimum Gasteiger partial charge on any atom is -0.451 e. The number of nitrogens with zero attached hydrogens (tertiary/aromatic N) is 3. The fourth-order valence-electron chi connectivity index (χ4n) is 1.59. The van der Waals surface area contributed by atoms with E-state index in [9.17, 15) is 14.5 Å². The number of aromatic nitrogens is 1. The maximum absolute atomic E-state index is 13.8. The van der Waals surface area contributed by atoms with Crippen molar-refractivity contribution in [3.8, 4) is 17.6 Å². The summed E-state index contributed by atoms with van der Waals surface area (Å²) in [6.45, 7) is 1.47. The van der Waals surface area contributed by atoms with E-state index in [0.29, 0.717) is 0 Å². The Bertz CT molecular complexity index is 725. The van der Waals surface area contributed by atoms with E-state index in [1.165, 1.54) is 31.3 Å². The molecule has 2 rings (SSSR count). The van der Waals surface area contributed by atoms with Crippen molar-refractivity contribution in [1.29, 1.82) is 5.26 Å². The molecule has 0 fully saturated rings. The van der Waals surface area contributed by atoms with Gasteiger partial charge in [0.05, 0.1) is 11.0 Å². The number of nitro benzene ring substituents is 1. The Kier molecular flexibility index (Phi) is 3.57. The average molecular weight is 273 g/mol. The number of pyridine rings is 1. The molecular weight excluding hydrogens is 265 g/mol. The maximum atomic E-state index is 13.8. The number of halogens is 1. The summed E-state index contributed by atoms with van der Waals surface area (Å²) in [4.78, 5) is 13.8. The standard InChI is InChI=1S/C13H8FN3O3/c1-8-5-13(9(14)6-11(8)17(18)19)20-12-3-2-4-16-10(12)7-15/h2-6H,1H3. The van der Waals surface area contributed by atoms with Gasteiger partial charge in [-0.3, -0.25) is 10.1 Å². The van der Waals surface area contributed by atoms with Crippen LogP contribution in [0.25, 0.3) is 0 Å². The minimum absolute atomic E-state index is 0.00269. The first-order chi connectivity index (χ1) is 9.52. The summed E-state index contributed by atoms with van der Waals surface area (Å²) in [5.74, 6) is -0.991. The number of benzene rings is 1. The Balaban J connectivity index is 2.43. The normalized spacial score (nSPS) is 9.85. The van der Waals surface area contributed by atoms with E-state index < -0.39 is 10.7 Å². The van der Waals surface area contributed by atoms with Gasteiger partial charge in [0.1, 0.15) is 6.07 Å². The summed E-state index contributed by atoms with van der Waals surface area (Å²) in [6, 6.07) is 6.80. The van der Waals surface area contributed by atoms with Crippen LogP contribution in [0.15, 0.2) is 30.5 Å². The molecule has 2 aromatic rings. The number of aryl methyl sites for hydroxylation is 1. The van der Waals surface area contributed by atoms with Gasteiger partial charge in [0.2, 0.25) is 0 Å². The topological polar surface area (TPSA) is 89.0 Å². The van der Waals surface area contributed by atoms with Crippen LogP contribution in [0.1, 0.15) is 11.3 Å². The highest BCUT2D eigenvalue weighted by Gasteiger charge is 2.17. The average Bonchev–Trinajstić information content (AvgIpc) is 2.42. The summed E-state index contributed by atoms with van der Waals surface area (Å²) in [5.41, 5.74) is -0.0711. The molecular formula is C13H8FN3O3. The van der Waals surface area contributed by atoms with Gasteiger partial charge in [-0.05, 0) is 25.1 Å². The number of ether oxygens (including phenoxy) is 1. The van der Waals surface area contributed by atoms with Crippen molar-refractivity contribution in [1.82, 2.24) is 4.98 Å². The van der Waals surface area contributed by atoms with Gasteiger partial charge in [-0.15, -0.1) is 0 Å². The first-order valence-electron chi connectivity index (χ1n) is 5.50. The number of nitro groups is 1. The van der Waals surface area contributed by atoms with Gasteiger partial charge in [-0.1, -0.05) is 0 Å². The lowest BCUT2D eigenvalue weighted by Crippen LogP contribution is -1.97. The van der Waals surface area contributed by atoms with Gasteiger partial charge < -0.3 is 4.74 Å². The van der Waals surface area contributed by atoms with E-state index in [4.69, 9.17) is 10.00 Å². The second-order valence-electron chi connectivity index (χ2n) is 3.89. The highest BCUT2D eigenvalue weighted by Crippen LogP contribution is 2.31. The van der Waals surface area contributed by atoms with E-state index in [-0.39, 0.29) is 28.4 Å². The molecule has 1 aromatic carbocycles. The Morgan fingerprint density at radius 2 is 2.20 bits per heavy atom. The van der Waals surface area contributed by atoms with Crippen LogP contribution in [0.4, 0.5) is 10.1 Å². The van der Waals surface area contributed by atoms with Crippen molar-refractivity contribution in [2.45, 2.75) is 6.92 Å². The number of hydrogen-bond acceptors (Lipinski definition) is 5. The summed E-state index contributed by atoms with van der Waals surface area (Å²) >= 11 is 0. The third kappa shape index (κ3) is 2.54. The van der Waals surface area contributed by atoms with Crippen molar-refractivity contribution < 1.29 is 14.1 Å². The van der Waals surface area contributed by atoms with Crippen molar-refractivity contribution in [3.63, 3.8) is 0 Å². The van der Waals surface area contributed by atoms with Crippen LogP contribution in [-0.2, 0) is 0 Å². The highest BCUT2D eigenvalue weighted by atomic mass is 19.1. The second-order valence-corrected chi connectivity index (χ2v) is 3.89. The molecule has 0 N–H and O–H groups in total. The van der Waals surface area contributed by atoms with Crippen LogP contribution in [0.2, 0.25) is 0 Å². The number of rotatable bonds is 3. The van der Waals surface area contributed by atoms with E-state index >= 15 is 0 Å². The molecule has 0 unspecified atom stereocenters. The van der Waals surface area contributed by atoms with Crippen molar-refractivity contribution in [3.05, 3.63) is 57.7 Å². The van der Waals surface area contributed by atoms with Crippen LogP contribution in [-0.4, -0.2) is 9.91 Å². The summed E-state index contributed by atoms with van der Waals surface area (Å²) in [6.07, 6.45) is 1.41. The Morgan fingerprint density at radius 1 is 1.45 bits per heavy atom. The van der Waals surface area contributed by atoms with E-state index in [2.05, 4.69) is 4.98 Å². The van der Waals surface area contributed by atoms with Gasteiger partial charge in [0.15, 0.2) is 23.0 Å². The van der Waals surface area contributed by atoms with Gasteiger partial charge in [0, 0.05) is 11.8 Å². The lowest BCUT2D eigenvalue weighted by atomic mass is 10.2. The lowest BCUT2D eigenvalue weighted by Gasteiger charge is -2.08. The van der Waals surface area contributed by atoms with E-state index in [0.717, 1.165) is 6.07 Å². The van der Waals surface area contributed by atoms with E-state index in [1.807, 2.05) is 6.07 Å². The lowest BCUT2D eigenvalue weighted by molar-refractivity contribution is -0.385. The molecule has 100 valence electrons. The molecule has 0 spiro atoms. The summed E-state index contributed by atoms with van der Waals surface area (Å²) < 4.78 is 19.0. The Morgan fingerprint density at radius 3 is 2.85 bits per heavy atom. The molecule has 0 amide bonds. The quantitative estimate of drug-likeness (QED) is 0.633. The Labute approximate surface area is 113 Å². The first kappa shape index (κ1) is 13.4. The van der Waals surface area contributed by atoms with Crippen LogP contribution >= 0.6 is 0 Å². The second kappa shape index (κ2) is 5.32. The molecule has 6 nitrogen and oxygen atoms in total. The van der Waals surface area contributed by atoms with Crippen molar-refractivity contribution in [2.75, 3.05) is 0 Å². The zero-order chi connectivity index (χ0) is 14.7. The molecule has 0 aliphatic heterocycles. The zero-order valence-electron chi connectivity index (χ0n) is 10.3. The Hall–Kier alpha value is -3.01. The third-order valence-corrected chi connectivity index (χ3v) is 2.54. The third-order valence-electron chi connectivity index (χ3n) is 2.54. The number of hydrogen-bond donors (Lipinski definition) is 0. The molecule has 0 saturated carbocycles. The van der Waals surface area contributed by atoms with Crippen LogP contribution in [0, 0.1) is 34.2 Å². The molecule has 7 heteroatoms.